The van der Waals surface area contributed by atoms with E-state index in [0.29, 0.717) is 0 Å². The van der Waals surface area contributed by atoms with Gasteiger partial charge in [0, 0.05) is 24.1 Å². The third kappa shape index (κ3) is 3.64. The van der Waals surface area contributed by atoms with Crippen molar-refractivity contribution in [3.63, 3.8) is 0 Å². The van der Waals surface area contributed by atoms with Crippen molar-refractivity contribution in [2.75, 3.05) is 11.9 Å². The van der Waals surface area contributed by atoms with Crippen molar-refractivity contribution in [3.8, 4) is 0 Å². The van der Waals surface area contributed by atoms with Crippen molar-refractivity contribution in [3.05, 3.63) is 40.4 Å². The summed E-state index contributed by atoms with van der Waals surface area (Å²) in [6, 6.07) is 8.22. The van der Waals surface area contributed by atoms with Gasteiger partial charge in [0.1, 0.15) is 5.82 Å². The number of hydrogen-bond acceptors (Lipinski definition) is 5. The number of aromatic nitrogens is 1. The Bertz CT molecular complexity index is 614. The lowest BCUT2D eigenvalue weighted by Crippen LogP contribution is -2.07. The molecule has 20 heavy (non-hydrogen) atoms. The van der Waals surface area contributed by atoms with Gasteiger partial charge in [-0.1, -0.05) is 0 Å². The van der Waals surface area contributed by atoms with Crippen LogP contribution in [0.15, 0.2) is 30.3 Å². The Morgan fingerprint density at radius 3 is 2.90 bits per heavy atom. The number of hydrogen-bond donors (Lipinski definition) is 2. The first-order chi connectivity index (χ1) is 9.56. The van der Waals surface area contributed by atoms with Gasteiger partial charge in [0.2, 0.25) is 0 Å². The van der Waals surface area contributed by atoms with Crippen LogP contribution in [0.5, 0.6) is 0 Å². The molecule has 106 valence electrons. The maximum Gasteiger partial charge on any atom is 0.270 e. The largest absolute Gasteiger partial charge is 0.393 e. The van der Waals surface area contributed by atoms with E-state index in [1.165, 1.54) is 12.1 Å². The zero-order valence-electron chi connectivity index (χ0n) is 11.2. The van der Waals surface area contributed by atoms with Gasteiger partial charge in [-0.2, -0.15) is 0 Å². The van der Waals surface area contributed by atoms with Crippen molar-refractivity contribution >= 4 is 22.4 Å². The van der Waals surface area contributed by atoms with Crippen LogP contribution in [0.4, 0.5) is 11.5 Å². The number of nitrogens with zero attached hydrogens (tertiary/aromatic N) is 2. The van der Waals surface area contributed by atoms with Gasteiger partial charge in [-0.25, -0.2) is 4.98 Å². The number of nitro groups is 1. The van der Waals surface area contributed by atoms with E-state index in [2.05, 4.69) is 10.3 Å². The summed E-state index contributed by atoms with van der Waals surface area (Å²) in [6.45, 7) is 2.50. The summed E-state index contributed by atoms with van der Waals surface area (Å²) >= 11 is 0. The highest BCUT2D eigenvalue weighted by molar-refractivity contribution is 5.82. The lowest BCUT2D eigenvalue weighted by atomic mass is 10.2. The van der Waals surface area contributed by atoms with Crippen molar-refractivity contribution in [1.82, 2.24) is 4.98 Å². The van der Waals surface area contributed by atoms with Gasteiger partial charge in [-0.3, -0.25) is 10.1 Å². The van der Waals surface area contributed by atoms with Gasteiger partial charge in [0.25, 0.3) is 5.69 Å². The summed E-state index contributed by atoms with van der Waals surface area (Å²) < 4.78 is 0. The number of nitrogens with one attached hydrogen (secondary N) is 1. The Labute approximate surface area is 116 Å². The minimum atomic E-state index is -0.415. The summed E-state index contributed by atoms with van der Waals surface area (Å²) in [5.41, 5.74) is 0.785. The fraction of sp³-hybridized carbons (Fsp3) is 0.357. The van der Waals surface area contributed by atoms with Crippen LogP contribution in [-0.2, 0) is 0 Å². The Morgan fingerprint density at radius 1 is 1.40 bits per heavy atom. The molecule has 1 atom stereocenters. The number of benzene rings is 1. The van der Waals surface area contributed by atoms with Crippen LogP contribution in [0.1, 0.15) is 19.8 Å². The Morgan fingerprint density at radius 2 is 2.20 bits per heavy atom. The molecule has 0 spiro atoms. The Kier molecular flexibility index (Phi) is 4.47. The molecule has 0 fully saturated rings. The van der Waals surface area contributed by atoms with Crippen LogP contribution < -0.4 is 5.32 Å². The van der Waals surface area contributed by atoms with Crippen LogP contribution in [-0.4, -0.2) is 27.7 Å². The molecule has 0 bridgehead atoms. The monoisotopic (exact) mass is 275 g/mol. The molecule has 0 radical (unpaired) electrons. The van der Waals surface area contributed by atoms with E-state index in [-0.39, 0.29) is 11.8 Å². The summed E-state index contributed by atoms with van der Waals surface area (Å²) in [5, 5.41) is 23.8. The standard InChI is InChI=1S/C14H17N3O3/c1-10(18)3-2-8-15-14-7-4-11-9-12(17(19)20)5-6-13(11)16-14/h4-7,9-10,18H,2-3,8H2,1H3,(H,15,16). The van der Waals surface area contributed by atoms with Gasteiger partial charge >= 0.3 is 0 Å². The maximum absolute atomic E-state index is 10.7. The quantitative estimate of drug-likeness (QED) is 0.480. The van der Waals surface area contributed by atoms with E-state index >= 15 is 0 Å². The first-order valence-electron chi connectivity index (χ1n) is 6.53. The molecule has 1 heterocycles. The number of non-ortho nitro benzene ring substituents is 1. The Balaban J connectivity index is 2.06. The molecule has 0 aliphatic heterocycles. The number of pyridine rings is 1. The zero-order valence-corrected chi connectivity index (χ0v) is 11.2. The minimum Gasteiger partial charge on any atom is -0.393 e. The number of aliphatic hydroxyl groups excluding tert-OH is 1. The van der Waals surface area contributed by atoms with E-state index in [1.54, 1.807) is 19.1 Å². The second-order valence-corrected chi connectivity index (χ2v) is 4.75. The maximum atomic E-state index is 10.7. The van der Waals surface area contributed by atoms with Crippen LogP contribution in [0.2, 0.25) is 0 Å². The molecule has 0 aliphatic rings. The van der Waals surface area contributed by atoms with Crippen molar-refractivity contribution in [2.24, 2.45) is 0 Å². The predicted octanol–water partition coefficient (Wildman–Crippen LogP) is 2.72. The normalized spacial score (nSPS) is 12.3. The highest BCUT2D eigenvalue weighted by Gasteiger charge is 2.07. The number of nitro benzene ring substituents is 1. The molecule has 0 amide bonds. The van der Waals surface area contributed by atoms with Gasteiger partial charge in [-0.05, 0) is 38.0 Å². The SMILES string of the molecule is CC(O)CCCNc1ccc2cc([N+](=O)[O-])ccc2n1. The van der Waals surface area contributed by atoms with Gasteiger partial charge in [0.05, 0.1) is 16.5 Å². The zero-order chi connectivity index (χ0) is 14.5. The summed E-state index contributed by atoms with van der Waals surface area (Å²) in [6.07, 6.45) is 1.31. The summed E-state index contributed by atoms with van der Waals surface area (Å²) in [7, 11) is 0. The molecule has 2 N–H and O–H groups in total. The van der Waals surface area contributed by atoms with Crippen molar-refractivity contribution < 1.29 is 10.0 Å². The smallest absolute Gasteiger partial charge is 0.270 e. The molecule has 1 aromatic heterocycles. The number of aliphatic hydroxyl groups is 1. The van der Waals surface area contributed by atoms with E-state index in [9.17, 15) is 10.1 Å². The second kappa shape index (κ2) is 6.29. The summed E-state index contributed by atoms with van der Waals surface area (Å²) in [4.78, 5) is 14.7. The highest BCUT2D eigenvalue weighted by atomic mass is 16.6. The molecule has 0 aliphatic carbocycles. The topological polar surface area (TPSA) is 88.3 Å². The molecule has 1 unspecified atom stereocenters. The van der Waals surface area contributed by atoms with E-state index in [1.807, 2.05) is 6.07 Å². The van der Waals surface area contributed by atoms with Crippen LogP contribution in [0.3, 0.4) is 0 Å². The van der Waals surface area contributed by atoms with E-state index in [0.717, 1.165) is 36.1 Å². The summed E-state index contributed by atoms with van der Waals surface area (Å²) in [5.74, 6) is 0.733. The number of anilines is 1. The fourth-order valence-electron chi connectivity index (χ4n) is 1.94. The van der Waals surface area contributed by atoms with Gasteiger partial charge in [0.15, 0.2) is 0 Å². The van der Waals surface area contributed by atoms with Crippen molar-refractivity contribution in [2.45, 2.75) is 25.9 Å². The predicted molar refractivity (Wildman–Crippen MR) is 77.8 cm³/mol. The van der Waals surface area contributed by atoms with Gasteiger partial charge in [-0.15, -0.1) is 0 Å². The molecule has 2 rings (SSSR count). The van der Waals surface area contributed by atoms with Crippen molar-refractivity contribution in [1.29, 1.82) is 0 Å². The van der Waals surface area contributed by atoms with Gasteiger partial charge < -0.3 is 10.4 Å². The molecule has 0 saturated carbocycles. The number of rotatable bonds is 6. The molecular weight excluding hydrogens is 258 g/mol. The first kappa shape index (κ1) is 14.2. The average Bonchev–Trinajstić information content (AvgIpc) is 2.42. The van der Waals surface area contributed by atoms with Crippen LogP contribution in [0, 0.1) is 10.1 Å². The molecule has 0 saturated heterocycles. The number of fused-ring (bicyclic) bond motifs is 1. The third-order valence-corrected chi connectivity index (χ3v) is 2.99. The van der Waals surface area contributed by atoms with Crippen LogP contribution >= 0.6 is 0 Å². The lowest BCUT2D eigenvalue weighted by molar-refractivity contribution is -0.384. The molecule has 6 heteroatoms. The lowest BCUT2D eigenvalue weighted by Gasteiger charge is -2.07. The highest BCUT2D eigenvalue weighted by Crippen LogP contribution is 2.21. The average molecular weight is 275 g/mol. The molecule has 1 aromatic carbocycles. The molecular formula is C14H17N3O3. The fourth-order valence-corrected chi connectivity index (χ4v) is 1.94. The second-order valence-electron chi connectivity index (χ2n) is 4.75. The van der Waals surface area contributed by atoms with E-state index < -0.39 is 4.92 Å². The third-order valence-electron chi connectivity index (χ3n) is 2.99. The van der Waals surface area contributed by atoms with Crippen LogP contribution in [0.25, 0.3) is 10.9 Å². The molecule has 6 nitrogen and oxygen atoms in total. The first-order valence-corrected chi connectivity index (χ1v) is 6.53. The minimum absolute atomic E-state index is 0.0666. The molecule has 2 aromatic rings. The van der Waals surface area contributed by atoms with E-state index in [4.69, 9.17) is 5.11 Å². The Hall–Kier alpha value is -2.21.